The monoisotopic (exact) mass is 321 g/mol. The fourth-order valence-electron chi connectivity index (χ4n) is 2.40. The van der Waals surface area contributed by atoms with Gasteiger partial charge in [-0.25, -0.2) is 0 Å². The summed E-state index contributed by atoms with van der Waals surface area (Å²) >= 11 is 7.95. The summed E-state index contributed by atoms with van der Waals surface area (Å²) in [6.45, 7) is 0.688. The Morgan fingerprint density at radius 3 is 2.56 bits per heavy atom. The number of rotatable bonds is 1. The second-order valence-corrected chi connectivity index (χ2v) is 6.06. The van der Waals surface area contributed by atoms with E-state index in [1.807, 2.05) is 29.2 Å². The van der Waals surface area contributed by atoms with E-state index in [9.17, 15) is 4.79 Å². The third-order valence-corrected chi connectivity index (χ3v) is 4.28. The Balaban J connectivity index is 2.18. The van der Waals surface area contributed by atoms with Crippen molar-refractivity contribution in [3.05, 3.63) is 40.9 Å². The molecule has 92 valence electrons. The molecule has 0 bridgehead atoms. The lowest BCUT2D eigenvalue weighted by Gasteiger charge is -2.19. The third-order valence-electron chi connectivity index (χ3n) is 3.24. The summed E-state index contributed by atoms with van der Waals surface area (Å²) in [7, 11) is 0. The first kappa shape index (κ1) is 12.1. The van der Waals surface area contributed by atoms with Crippen molar-refractivity contribution in [2.24, 2.45) is 0 Å². The highest BCUT2D eigenvalue weighted by molar-refractivity contribution is 9.10. The van der Waals surface area contributed by atoms with Crippen LogP contribution in [0.1, 0.15) is 6.42 Å². The highest BCUT2D eigenvalue weighted by Crippen LogP contribution is 2.34. The Morgan fingerprint density at radius 1 is 1.17 bits per heavy atom. The molecule has 1 unspecified atom stereocenters. The molecule has 0 saturated carbocycles. The number of benzene rings is 2. The predicted octanol–water partition coefficient (Wildman–Crippen LogP) is 3.64. The lowest BCUT2D eigenvalue weighted by Crippen LogP contribution is -2.24. The van der Waals surface area contributed by atoms with E-state index in [1.165, 1.54) is 0 Å². The molecule has 2 nitrogen and oxygen atoms in total. The van der Waals surface area contributed by atoms with Gasteiger partial charge in [0.25, 0.3) is 0 Å². The van der Waals surface area contributed by atoms with E-state index < -0.39 is 0 Å². The number of hydrogen-bond donors (Lipinski definition) is 1. The van der Waals surface area contributed by atoms with Gasteiger partial charge in [0.2, 0.25) is 5.91 Å². The minimum Gasteiger partial charge on any atom is -0.311 e. The van der Waals surface area contributed by atoms with Gasteiger partial charge in [-0.3, -0.25) is 4.79 Å². The molecule has 2 aromatic rings. The quantitative estimate of drug-likeness (QED) is 0.795. The summed E-state index contributed by atoms with van der Waals surface area (Å²) in [6.07, 6.45) is 0.521. The Morgan fingerprint density at radius 2 is 1.89 bits per heavy atom. The van der Waals surface area contributed by atoms with Gasteiger partial charge in [0.15, 0.2) is 0 Å². The van der Waals surface area contributed by atoms with E-state index in [1.54, 1.807) is 0 Å². The molecule has 0 aromatic heterocycles. The number of carbonyl (C=O) groups is 1. The average molecular weight is 322 g/mol. The zero-order valence-electron chi connectivity index (χ0n) is 9.64. The van der Waals surface area contributed by atoms with Crippen molar-refractivity contribution in [3.8, 4) is 0 Å². The molecule has 1 saturated heterocycles. The van der Waals surface area contributed by atoms with Crippen molar-refractivity contribution >= 4 is 50.9 Å². The maximum Gasteiger partial charge on any atom is 0.228 e. The van der Waals surface area contributed by atoms with Crippen molar-refractivity contribution in [1.29, 1.82) is 0 Å². The van der Waals surface area contributed by atoms with Crippen LogP contribution in [0.15, 0.2) is 40.9 Å². The molecule has 1 aliphatic rings. The van der Waals surface area contributed by atoms with E-state index in [2.05, 4.69) is 40.7 Å². The van der Waals surface area contributed by atoms with Gasteiger partial charge >= 0.3 is 0 Å². The van der Waals surface area contributed by atoms with Gasteiger partial charge in [-0.05, 0) is 17.5 Å². The molecule has 1 aliphatic heterocycles. The van der Waals surface area contributed by atoms with Crippen molar-refractivity contribution in [2.45, 2.75) is 11.7 Å². The molecule has 1 fully saturated rings. The second kappa shape index (κ2) is 4.59. The largest absolute Gasteiger partial charge is 0.311 e. The van der Waals surface area contributed by atoms with E-state index in [4.69, 9.17) is 0 Å². The lowest BCUT2D eigenvalue weighted by atomic mass is 10.1. The van der Waals surface area contributed by atoms with Crippen LogP contribution in [0.5, 0.6) is 0 Å². The highest BCUT2D eigenvalue weighted by atomic mass is 79.9. The van der Waals surface area contributed by atoms with Crippen molar-refractivity contribution in [1.82, 2.24) is 0 Å². The van der Waals surface area contributed by atoms with Crippen LogP contribution in [0.4, 0.5) is 5.69 Å². The topological polar surface area (TPSA) is 20.3 Å². The highest BCUT2D eigenvalue weighted by Gasteiger charge is 2.29. The van der Waals surface area contributed by atoms with Crippen LogP contribution in [0, 0.1) is 0 Å². The fraction of sp³-hybridized carbons (Fsp3) is 0.214. The summed E-state index contributed by atoms with van der Waals surface area (Å²) in [4.78, 5) is 13.8. The van der Waals surface area contributed by atoms with Gasteiger partial charge in [0, 0.05) is 28.1 Å². The summed E-state index contributed by atoms with van der Waals surface area (Å²) in [6, 6.07) is 12.1. The number of thiol groups is 1. The molecular formula is C14H12BrNOS. The van der Waals surface area contributed by atoms with Crippen LogP contribution in [0.3, 0.4) is 0 Å². The van der Waals surface area contributed by atoms with Crippen molar-refractivity contribution < 1.29 is 4.79 Å². The minimum absolute atomic E-state index is 0.139. The molecule has 0 radical (unpaired) electrons. The van der Waals surface area contributed by atoms with Crippen LogP contribution >= 0.6 is 28.6 Å². The number of halogens is 1. The number of amides is 1. The van der Waals surface area contributed by atoms with Gasteiger partial charge in [0.05, 0.1) is 5.69 Å². The molecular weight excluding hydrogens is 310 g/mol. The van der Waals surface area contributed by atoms with Crippen LogP contribution < -0.4 is 4.90 Å². The van der Waals surface area contributed by atoms with Gasteiger partial charge in [-0.15, -0.1) is 0 Å². The van der Waals surface area contributed by atoms with Crippen molar-refractivity contribution in [2.75, 3.05) is 11.4 Å². The molecule has 2 aromatic carbocycles. The maximum atomic E-state index is 12.0. The molecule has 1 heterocycles. The maximum absolute atomic E-state index is 12.0. The molecule has 18 heavy (non-hydrogen) atoms. The van der Waals surface area contributed by atoms with Gasteiger partial charge in [0.1, 0.15) is 0 Å². The summed E-state index contributed by atoms with van der Waals surface area (Å²) < 4.78 is 1.05. The van der Waals surface area contributed by atoms with E-state index in [0.717, 1.165) is 20.9 Å². The fourth-order valence-corrected chi connectivity index (χ4v) is 3.20. The Bertz CT molecular complexity index is 628. The minimum atomic E-state index is 0.139. The summed E-state index contributed by atoms with van der Waals surface area (Å²) in [5.74, 6) is 0.155. The van der Waals surface area contributed by atoms with Crippen LogP contribution in [-0.2, 0) is 4.79 Å². The van der Waals surface area contributed by atoms with Crippen LogP contribution in [0.2, 0.25) is 0 Å². The molecule has 1 amide bonds. The first-order chi connectivity index (χ1) is 8.66. The number of hydrogen-bond acceptors (Lipinski definition) is 2. The SMILES string of the molecule is O=C1CC(S)CN1c1ccc(Br)c2ccccc12. The zero-order chi connectivity index (χ0) is 12.7. The van der Waals surface area contributed by atoms with Gasteiger partial charge < -0.3 is 4.90 Å². The molecule has 3 rings (SSSR count). The number of nitrogens with zero attached hydrogens (tertiary/aromatic N) is 1. The first-order valence-electron chi connectivity index (χ1n) is 5.82. The van der Waals surface area contributed by atoms with Crippen LogP contribution in [0.25, 0.3) is 10.8 Å². The standard InChI is InChI=1S/C14H12BrNOS/c15-12-5-6-13(11-4-2-1-3-10(11)12)16-8-9(18)7-14(16)17/h1-6,9,18H,7-8H2. The molecule has 0 N–H and O–H groups in total. The number of carbonyl (C=O) groups excluding carboxylic acids is 1. The molecule has 0 spiro atoms. The summed E-state index contributed by atoms with van der Waals surface area (Å²) in [5.41, 5.74) is 0.982. The lowest BCUT2D eigenvalue weighted by molar-refractivity contribution is -0.117. The molecule has 0 aliphatic carbocycles. The number of anilines is 1. The van der Waals surface area contributed by atoms with Gasteiger partial charge in [-0.1, -0.05) is 40.2 Å². The first-order valence-corrected chi connectivity index (χ1v) is 7.13. The van der Waals surface area contributed by atoms with Gasteiger partial charge in [-0.2, -0.15) is 12.6 Å². The summed E-state index contributed by atoms with van der Waals surface area (Å²) in [5, 5.41) is 2.37. The Kier molecular flexibility index (Phi) is 3.08. The Hall–Kier alpha value is -1.00. The van der Waals surface area contributed by atoms with E-state index in [0.29, 0.717) is 13.0 Å². The zero-order valence-corrected chi connectivity index (χ0v) is 12.1. The third kappa shape index (κ3) is 1.93. The van der Waals surface area contributed by atoms with E-state index in [-0.39, 0.29) is 11.2 Å². The molecule has 4 heteroatoms. The average Bonchev–Trinajstić information content (AvgIpc) is 2.69. The van der Waals surface area contributed by atoms with Crippen LogP contribution in [-0.4, -0.2) is 17.7 Å². The molecule has 1 atom stereocenters. The van der Waals surface area contributed by atoms with Crippen molar-refractivity contribution in [3.63, 3.8) is 0 Å². The predicted molar refractivity (Wildman–Crippen MR) is 81.4 cm³/mol. The smallest absolute Gasteiger partial charge is 0.228 e. The van der Waals surface area contributed by atoms with E-state index >= 15 is 0 Å². The number of fused-ring (bicyclic) bond motifs is 1. The second-order valence-electron chi connectivity index (χ2n) is 4.47. The normalized spacial score (nSPS) is 19.8. The Labute approximate surface area is 120 Å².